The van der Waals surface area contributed by atoms with Gasteiger partial charge in [-0.25, -0.2) is 4.98 Å². The molecule has 1 aromatic carbocycles. The summed E-state index contributed by atoms with van der Waals surface area (Å²) in [5, 5.41) is 0. The van der Waals surface area contributed by atoms with Crippen LogP contribution in [0.25, 0.3) is 11.3 Å². The molecule has 3 nitrogen and oxygen atoms in total. The molecule has 2 fully saturated rings. The zero-order valence-electron chi connectivity index (χ0n) is 12.0. The summed E-state index contributed by atoms with van der Waals surface area (Å²) in [6.07, 6.45) is 3.23. The number of anilines is 1. The smallest absolute Gasteiger partial charge is 0.181 e. The number of aromatic nitrogens is 1. The van der Waals surface area contributed by atoms with E-state index in [1.807, 2.05) is 0 Å². The van der Waals surface area contributed by atoms with Crippen molar-refractivity contribution < 1.29 is 4.42 Å². The number of hydrogen-bond acceptors (Lipinski definition) is 3. The van der Waals surface area contributed by atoms with Crippen molar-refractivity contribution in [2.24, 2.45) is 23.7 Å². The molecule has 2 atom stereocenters. The van der Waals surface area contributed by atoms with Gasteiger partial charge in [-0.1, -0.05) is 13.8 Å². The lowest BCUT2D eigenvalue weighted by Gasteiger charge is -2.23. The highest BCUT2D eigenvalue weighted by Gasteiger charge is 2.56. The maximum atomic E-state index is 5.32. The molecule has 3 heteroatoms. The Morgan fingerprint density at radius 2 is 1.85 bits per heavy atom. The van der Waals surface area contributed by atoms with Crippen LogP contribution >= 0.6 is 0 Å². The van der Waals surface area contributed by atoms with Gasteiger partial charge in [0, 0.05) is 24.3 Å². The molecule has 0 spiro atoms. The van der Waals surface area contributed by atoms with Gasteiger partial charge in [-0.2, -0.15) is 0 Å². The first-order valence-electron chi connectivity index (χ1n) is 7.48. The average Bonchev–Trinajstić information content (AvgIpc) is 2.90. The van der Waals surface area contributed by atoms with E-state index in [1.165, 1.54) is 25.2 Å². The number of nitrogens with zero attached hydrogens (tertiary/aromatic N) is 2. The zero-order chi connectivity index (χ0) is 13.7. The van der Waals surface area contributed by atoms with Crippen LogP contribution in [-0.4, -0.2) is 18.1 Å². The summed E-state index contributed by atoms with van der Waals surface area (Å²) in [5.74, 6) is 4.52. The molecule has 2 aromatic rings. The third kappa shape index (κ3) is 1.84. The largest absolute Gasteiger partial charge is 0.444 e. The van der Waals surface area contributed by atoms with Gasteiger partial charge in [-0.05, 0) is 47.9 Å². The van der Waals surface area contributed by atoms with E-state index in [-0.39, 0.29) is 0 Å². The molecule has 104 valence electrons. The Labute approximate surface area is 119 Å². The van der Waals surface area contributed by atoms with E-state index in [0.29, 0.717) is 0 Å². The van der Waals surface area contributed by atoms with Crippen LogP contribution < -0.4 is 4.90 Å². The van der Waals surface area contributed by atoms with Crippen molar-refractivity contribution in [3.8, 4) is 11.3 Å². The minimum atomic E-state index is 0.834. The number of benzene rings is 1. The number of piperidine rings is 1. The summed E-state index contributed by atoms with van der Waals surface area (Å²) in [6, 6.07) is 8.65. The fourth-order valence-corrected chi connectivity index (χ4v) is 3.97. The summed E-state index contributed by atoms with van der Waals surface area (Å²) in [4.78, 5) is 6.49. The molecule has 1 saturated heterocycles. The SMILES string of the molecule is CC(C)C1C2CN(c3ccc(-c4cnco4)cc3)CC21. The van der Waals surface area contributed by atoms with Gasteiger partial charge < -0.3 is 9.32 Å². The van der Waals surface area contributed by atoms with Crippen molar-refractivity contribution in [1.82, 2.24) is 4.98 Å². The molecule has 20 heavy (non-hydrogen) atoms. The van der Waals surface area contributed by atoms with Gasteiger partial charge in [0.2, 0.25) is 0 Å². The van der Waals surface area contributed by atoms with Crippen LogP contribution in [0.5, 0.6) is 0 Å². The standard InChI is InChI=1S/C17H20N2O/c1-11(2)17-14-8-19(9-15(14)17)13-5-3-12(4-6-13)16-7-18-10-20-16/h3-7,10-11,14-15,17H,8-9H2,1-2H3. The third-order valence-electron chi connectivity index (χ3n) is 4.98. The number of hydrogen-bond donors (Lipinski definition) is 0. The second kappa shape index (κ2) is 4.37. The molecular formula is C17H20N2O. The molecular weight excluding hydrogens is 248 g/mol. The predicted molar refractivity (Wildman–Crippen MR) is 79.5 cm³/mol. The molecule has 2 heterocycles. The van der Waals surface area contributed by atoms with Gasteiger partial charge in [-0.3, -0.25) is 0 Å². The Morgan fingerprint density at radius 3 is 2.40 bits per heavy atom. The molecule has 4 rings (SSSR count). The molecule has 1 saturated carbocycles. The highest BCUT2D eigenvalue weighted by Crippen LogP contribution is 2.56. The first-order valence-corrected chi connectivity index (χ1v) is 7.48. The molecule has 0 bridgehead atoms. The van der Waals surface area contributed by atoms with Gasteiger partial charge in [0.25, 0.3) is 0 Å². The first kappa shape index (κ1) is 12.0. The monoisotopic (exact) mass is 268 g/mol. The fourth-order valence-electron chi connectivity index (χ4n) is 3.97. The van der Waals surface area contributed by atoms with E-state index in [0.717, 1.165) is 35.0 Å². The van der Waals surface area contributed by atoms with Gasteiger partial charge in [0.1, 0.15) is 0 Å². The van der Waals surface area contributed by atoms with Crippen LogP contribution in [0.3, 0.4) is 0 Å². The highest BCUT2D eigenvalue weighted by atomic mass is 16.3. The van der Waals surface area contributed by atoms with Crippen molar-refractivity contribution in [2.45, 2.75) is 13.8 Å². The molecule has 2 unspecified atom stereocenters. The van der Waals surface area contributed by atoms with E-state index in [4.69, 9.17) is 4.42 Å². The third-order valence-corrected chi connectivity index (χ3v) is 4.98. The second-order valence-electron chi connectivity index (χ2n) is 6.47. The van der Waals surface area contributed by atoms with Crippen LogP contribution in [0.1, 0.15) is 13.8 Å². The Morgan fingerprint density at radius 1 is 1.15 bits per heavy atom. The zero-order valence-corrected chi connectivity index (χ0v) is 12.0. The Bertz CT molecular complexity index is 576. The van der Waals surface area contributed by atoms with Crippen LogP contribution in [0.15, 0.2) is 41.3 Å². The minimum Gasteiger partial charge on any atom is -0.444 e. The molecule has 0 radical (unpaired) electrons. The maximum absolute atomic E-state index is 5.32. The van der Waals surface area contributed by atoms with E-state index in [1.54, 1.807) is 6.20 Å². The summed E-state index contributed by atoms with van der Waals surface area (Å²) in [7, 11) is 0. The van der Waals surface area contributed by atoms with Gasteiger partial charge in [0.05, 0.1) is 6.20 Å². The number of oxazole rings is 1. The van der Waals surface area contributed by atoms with Gasteiger partial charge >= 0.3 is 0 Å². The summed E-state index contributed by atoms with van der Waals surface area (Å²) in [6.45, 7) is 7.18. The maximum Gasteiger partial charge on any atom is 0.181 e. The normalized spacial score (nSPS) is 27.9. The average molecular weight is 268 g/mol. The molecule has 1 aromatic heterocycles. The first-order chi connectivity index (χ1) is 9.74. The van der Waals surface area contributed by atoms with Crippen molar-refractivity contribution in [1.29, 1.82) is 0 Å². The number of fused-ring (bicyclic) bond motifs is 1. The summed E-state index contributed by atoms with van der Waals surface area (Å²) in [5.41, 5.74) is 2.43. The van der Waals surface area contributed by atoms with Crippen LogP contribution in [0.4, 0.5) is 5.69 Å². The quantitative estimate of drug-likeness (QED) is 0.850. The lowest BCUT2D eigenvalue weighted by Crippen LogP contribution is -2.24. The van der Waals surface area contributed by atoms with Crippen molar-refractivity contribution in [3.63, 3.8) is 0 Å². The van der Waals surface area contributed by atoms with E-state index in [9.17, 15) is 0 Å². The molecule has 2 aliphatic rings. The summed E-state index contributed by atoms with van der Waals surface area (Å²) < 4.78 is 5.32. The lowest BCUT2D eigenvalue weighted by atomic mass is 10.0. The Hall–Kier alpha value is -1.77. The van der Waals surface area contributed by atoms with Gasteiger partial charge in [-0.15, -0.1) is 0 Å². The van der Waals surface area contributed by atoms with Gasteiger partial charge in [0.15, 0.2) is 12.2 Å². The van der Waals surface area contributed by atoms with E-state index in [2.05, 4.69) is 48.0 Å². The van der Waals surface area contributed by atoms with Crippen molar-refractivity contribution in [3.05, 3.63) is 36.9 Å². The van der Waals surface area contributed by atoms with Crippen LogP contribution in [0, 0.1) is 23.7 Å². The molecule has 0 amide bonds. The van der Waals surface area contributed by atoms with Crippen LogP contribution in [0.2, 0.25) is 0 Å². The molecule has 1 aliphatic heterocycles. The molecule has 1 aliphatic carbocycles. The van der Waals surface area contributed by atoms with Crippen molar-refractivity contribution >= 4 is 5.69 Å². The Balaban J connectivity index is 1.46. The predicted octanol–water partition coefficient (Wildman–Crippen LogP) is 3.68. The molecule has 0 N–H and O–H groups in total. The topological polar surface area (TPSA) is 29.3 Å². The van der Waals surface area contributed by atoms with E-state index < -0.39 is 0 Å². The second-order valence-corrected chi connectivity index (χ2v) is 6.47. The highest BCUT2D eigenvalue weighted by molar-refractivity contribution is 5.61. The van der Waals surface area contributed by atoms with Crippen molar-refractivity contribution in [2.75, 3.05) is 18.0 Å². The summed E-state index contributed by atoms with van der Waals surface area (Å²) >= 11 is 0. The minimum absolute atomic E-state index is 0.834. The Kier molecular flexibility index (Phi) is 2.62. The van der Waals surface area contributed by atoms with E-state index >= 15 is 0 Å². The fraction of sp³-hybridized carbons (Fsp3) is 0.471. The van der Waals surface area contributed by atoms with Crippen LogP contribution in [-0.2, 0) is 0 Å². The number of rotatable bonds is 3. The lowest BCUT2D eigenvalue weighted by molar-refractivity contribution is 0.480.